The van der Waals surface area contributed by atoms with E-state index in [4.69, 9.17) is 14.2 Å². The van der Waals surface area contributed by atoms with Gasteiger partial charge in [0.2, 0.25) is 30.0 Å². The Morgan fingerprint density at radius 3 is 2.75 bits per heavy atom. The molecule has 0 unspecified atom stereocenters. The molecule has 0 saturated carbocycles. The zero-order valence-corrected chi connectivity index (χ0v) is 19.8. The molecule has 0 spiro atoms. The third-order valence-electron chi connectivity index (χ3n) is 5.11. The van der Waals surface area contributed by atoms with Crippen LogP contribution >= 0.6 is 27.7 Å². The van der Waals surface area contributed by atoms with Gasteiger partial charge in [-0.1, -0.05) is 59.7 Å². The summed E-state index contributed by atoms with van der Waals surface area (Å²) in [7, 11) is 0. The molecule has 0 bridgehead atoms. The number of ether oxygens (including phenoxy) is 3. The van der Waals surface area contributed by atoms with Gasteiger partial charge in [-0.3, -0.25) is 9.69 Å². The van der Waals surface area contributed by atoms with Crippen LogP contribution in [0.4, 0.5) is 5.69 Å². The maximum absolute atomic E-state index is 13.2. The van der Waals surface area contributed by atoms with Gasteiger partial charge in [-0.2, -0.15) is 4.98 Å². The number of para-hydroxylation sites is 1. The Kier molecular flexibility index (Phi) is 5.64. The summed E-state index contributed by atoms with van der Waals surface area (Å²) in [6.45, 7) is 3.99. The summed E-state index contributed by atoms with van der Waals surface area (Å²) < 4.78 is 18.2. The first-order valence-electron chi connectivity index (χ1n) is 10.1. The third-order valence-corrected chi connectivity index (χ3v) is 6.52. The van der Waals surface area contributed by atoms with Crippen LogP contribution < -0.4 is 19.1 Å². The lowest BCUT2D eigenvalue weighted by atomic mass is 10.1. The molecule has 1 aromatic heterocycles. The predicted molar refractivity (Wildman–Crippen MR) is 123 cm³/mol. The molecule has 8 nitrogen and oxygen atoms in total. The molecule has 0 radical (unpaired) electrons. The molecule has 2 aliphatic rings. The van der Waals surface area contributed by atoms with Crippen LogP contribution in [0.1, 0.15) is 32.1 Å². The van der Waals surface area contributed by atoms with Crippen molar-refractivity contribution in [2.75, 3.05) is 17.4 Å². The van der Waals surface area contributed by atoms with Gasteiger partial charge in [0.25, 0.3) is 0 Å². The topological polar surface area (TPSA) is 86.7 Å². The van der Waals surface area contributed by atoms with Gasteiger partial charge < -0.3 is 14.2 Å². The number of benzene rings is 2. The molecular formula is C22H19BrN4O4S. The zero-order chi connectivity index (χ0) is 22.2. The predicted octanol–water partition coefficient (Wildman–Crippen LogP) is 4.98. The Morgan fingerprint density at radius 2 is 1.97 bits per heavy atom. The molecule has 2 aliphatic heterocycles. The Labute approximate surface area is 197 Å². The highest BCUT2D eigenvalue weighted by atomic mass is 79.9. The lowest BCUT2D eigenvalue weighted by Crippen LogP contribution is -2.37. The summed E-state index contributed by atoms with van der Waals surface area (Å²) in [5.74, 6) is 2.25. The Bertz CT molecular complexity index is 1210. The number of halogens is 1. The van der Waals surface area contributed by atoms with Gasteiger partial charge in [0.1, 0.15) is 0 Å². The van der Waals surface area contributed by atoms with E-state index in [1.807, 2.05) is 50.2 Å². The molecule has 1 atom stereocenters. The molecule has 164 valence electrons. The van der Waals surface area contributed by atoms with Crippen LogP contribution in [0.25, 0.3) is 11.3 Å². The lowest BCUT2D eigenvalue weighted by molar-refractivity contribution is -0.120. The van der Waals surface area contributed by atoms with Gasteiger partial charge in [-0.25, -0.2) is 0 Å². The highest BCUT2D eigenvalue weighted by molar-refractivity contribution is 9.10. The van der Waals surface area contributed by atoms with Crippen LogP contribution in [0.15, 0.2) is 46.0 Å². The number of anilines is 1. The first-order valence-corrected chi connectivity index (χ1v) is 11.9. The number of amides is 1. The van der Waals surface area contributed by atoms with Crippen molar-refractivity contribution in [2.45, 2.75) is 31.7 Å². The standard InChI is InChI=1S/C22H19BrN4O4S/c1-3-18(28)27-15-8-6-5-7-12(15)19-20(24-22(26-25-19)32-4-2)31-21(27)13-9-16-17(10-14(13)23)30-11-29-16/h5-10,21H,3-4,11H2,1-2H3/t21-/m0/s1. The van der Waals surface area contributed by atoms with Gasteiger partial charge in [0.15, 0.2) is 17.2 Å². The number of hydrogen-bond donors (Lipinski definition) is 0. The van der Waals surface area contributed by atoms with Crippen molar-refractivity contribution in [2.24, 2.45) is 0 Å². The molecular weight excluding hydrogens is 496 g/mol. The molecule has 32 heavy (non-hydrogen) atoms. The molecule has 0 aliphatic carbocycles. The van der Waals surface area contributed by atoms with Gasteiger partial charge in [0, 0.05) is 22.0 Å². The minimum Gasteiger partial charge on any atom is -0.454 e. The number of aromatic nitrogens is 3. The smallest absolute Gasteiger partial charge is 0.247 e. The highest BCUT2D eigenvalue weighted by Crippen LogP contribution is 2.47. The molecule has 3 aromatic rings. The molecule has 3 heterocycles. The zero-order valence-electron chi connectivity index (χ0n) is 17.4. The van der Waals surface area contributed by atoms with E-state index in [-0.39, 0.29) is 12.7 Å². The van der Waals surface area contributed by atoms with Crippen LogP contribution in [0, 0.1) is 0 Å². The van der Waals surface area contributed by atoms with E-state index in [1.54, 1.807) is 4.90 Å². The monoisotopic (exact) mass is 514 g/mol. The largest absolute Gasteiger partial charge is 0.454 e. The van der Waals surface area contributed by atoms with Crippen LogP contribution in [-0.4, -0.2) is 33.6 Å². The Balaban J connectivity index is 1.74. The minimum atomic E-state index is -0.801. The molecule has 10 heteroatoms. The minimum absolute atomic E-state index is 0.101. The van der Waals surface area contributed by atoms with E-state index in [1.165, 1.54) is 11.8 Å². The first-order chi connectivity index (χ1) is 15.6. The average molecular weight is 515 g/mol. The first kappa shape index (κ1) is 21.0. The average Bonchev–Trinajstić information content (AvgIpc) is 3.20. The third kappa shape index (κ3) is 3.57. The summed E-state index contributed by atoms with van der Waals surface area (Å²) in [6.07, 6.45) is -0.507. The molecule has 5 rings (SSSR count). The molecule has 0 N–H and O–H groups in total. The number of thioether (sulfide) groups is 1. The summed E-state index contributed by atoms with van der Waals surface area (Å²) in [4.78, 5) is 19.5. The second-order valence-corrected chi connectivity index (χ2v) is 9.10. The van der Waals surface area contributed by atoms with E-state index in [2.05, 4.69) is 31.1 Å². The maximum atomic E-state index is 13.2. The van der Waals surface area contributed by atoms with Crippen molar-refractivity contribution in [1.29, 1.82) is 0 Å². The molecule has 1 amide bonds. The lowest BCUT2D eigenvalue weighted by Gasteiger charge is -2.31. The Morgan fingerprint density at radius 1 is 1.19 bits per heavy atom. The van der Waals surface area contributed by atoms with Gasteiger partial charge in [-0.15, -0.1) is 10.2 Å². The number of hydrogen-bond acceptors (Lipinski definition) is 8. The van der Waals surface area contributed by atoms with E-state index in [0.29, 0.717) is 45.9 Å². The quantitative estimate of drug-likeness (QED) is 0.450. The van der Waals surface area contributed by atoms with E-state index < -0.39 is 6.23 Å². The van der Waals surface area contributed by atoms with Crippen molar-refractivity contribution >= 4 is 39.3 Å². The van der Waals surface area contributed by atoms with Crippen LogP contribution in [0.3, 0.4) is 0 Å². The van der Waals surface area contributed by atoms with Crippen molar-refractivity contribution in [1.82, 2.24) is 15.2 Å². The second kappa shape index (κ2) is 8.59. The number of nitrogens with zero attached hydrogens (tertiary/aromatic N) is 4. The number of carbonyl (C=O) groups excluding carboxylic acids is 1. The maximum Gasteiger partial charge on any atom is 0.247 e. The van der Waals surface area contributed by atoms with Crippen LogP contribution in [-0.2, 0) is 4.79 Å². The summed E-state index contributed by atoms with van der Waals surface area (Å²) in [6, 6.07) is 11.2. The van der Waals surface area contributed by atoms with Crippen LogP contribution in [0.5, 0.6) is 17.4 Å². The fourth-order valence-electron chi connectivity index (χ4n) is 3.67. The summed E-state index contributed by atoms with van der Waals surface area (Å²) in [5.41, 5.74) is 2.62. The van der Waals surface area contributed by atoms with E-state index in [0.717, 1.165) is 15.8 Å². The second-order valence-electron chi connectivity index (χ2n) is 7.01. The normalized spacial score (nSPS) is 16.1. The summed E-state index contributed by atoms with van der Waals surface area (Å²) >= 11 is 5.10. The van der Waals surface area contributed by atoms with E-state index >= 15 is 0 Å². The SMILES string of the molecule is CCSc1nnc2c(n1)O[C@@H](c1cc3c(cc1Br)OCO3)N(C(=O)CC)c1ccccc1-2. The Hall–Kier alpha value is -2.85. The molecule has 0 saturated heterocycles. The van der Waals surface area contributed by atoms with Crippen molar-refractivity contribution in [3.63, 3.8) is 0 Å². The van der Waals surface area contributed by atoms with Crippen LogP contribution in [0.2, 0.25) is 0 Å². The van der Waals surface area contributed by atoms with Crippen molar-refractivity contribution < 1.29 is 19.0 Å². The van der Waals surface area contributed by atoms with Gasteiger partial charge in [0.05, 0.1) is 5.69 Å². The fourth-order valence-corrected chi connectivity index (χ4v) is 4.69. The van der Waals surface area contributed by atoms with Crippen molar-refractivity contribution in [3.8, 4) is 28.6 Å². The number of carbonyl (C=O) groups is 1. The van der Waals surface area contributed by atoms with E-state index in [9.17, 15) is 4.79 Å². The summed E-state index contributed by atoms with van der Waals surface area (Å²) in [5, 5.41) is 9.18. The van der Waals surface area contributed by atoms with Crippen molar-refractivity contribution in [3.05, 3.63) is 46.4 Å². The fraction of sp³-hybridized carbons (Fsp3) is 0.273. The number of rotatable bonds is 4. The van der Waals surface area contributed by atoms with Gasteiger partial charge >= 0.3 is 0 Å². The van der Waals surface area contributed by atoms with Gasteiger partial charge in [-0.05, 0) is 24.0 Å². The molecule has 2 aromatic carbocycles. The molecule has 0 fully saturated rings. The highest BCUT2D eigenvalue weighted by Gasteiger charge is 2.37. The number of fused-ring (bicyclic) bond motifs is 4.